The van der Waals surface area contributed by atoms with Crippen LogP contribution < -0.4 is 5.32 Å². The second-order valence-electron chi connectivity index (χ2n) is 5.38. The van der Waals surface area contributed by atoms with Crippen LogP contribution in [0.15, 0.2) is 16.8 Å². The molecule has 0 spiro atoms. The summed E-state index contributed by atoms with van der Waals surface area (Å²) >= 11 is 1.74. The number of amides is 2. The summed E-state index contributed by atoms with van der Waals surface area (Å²) in [7, 11) is 3.62. The maximum atomic E-state index is 11.8. The van der Waals surface area contributed by atoms with Crippen LogP contribution in [-0.2, 0) is 0 Å². The van der Waals surface area contributed by atoms with Crippen LogP contribution >= 0.6 is 11.3 Å². The lowest BCUT2D eigenvalue weighted by molar-refractivity contribution is 0.151. The predicted molar refractivity (Wildman–Crippen MR) is 79.5 cm³/mol. The number of hydrogen-bond acceptors (Lipinski definition) is 3. The van der Waals surface area contributed by atoms with Crippen LogP contribution in [0.3, 0.4) is 0 Å². The normalized spacial score (nSPS) is 18.4. The number of nitrogens with one attached hydrogen (secondary N) is 1. The average molecular weight is 281 g/mol. The van der Waals surface area contributed by atoms with Gasteiger partial charge in [-0.2, -0.15) is 11.3 Å². The largest absolute Gasteiger partial charge is 0.331 e. The van der Waals surface area contributed by atoms with Gasteiger partial charge in [0.15, 0.2) is 0 Å². The van der Waals surface area contributed by atoms with E-state index < -0.39 is 0 Å². The first kappa shape index (κ1) is 14.3. The molecule has 0 aromatic carbocycles. The van der Waals surface area contributed by atoms with E-state index in [-0.39, 0.29) is 6.03 Å². The molecule has 2 rings (SSSR count). The van der Waals surface area contributed by atoms with E-state index in [1.165, 1.54) is 5.56 Å². The molecule has 1 saturated heterocycles. The second-order valence-corrected chi connectivity index (χ2v) is 6.16. The van der Waals surface area contributed by atoms with Crippen molar-refractivity contribution in [2.24, 2.45) is 0 Å². The van der Waals surface area contributed by atoms with Crippen molar-refractivity contribution in [2.45, 2.75) is 31.8 Å². The first-order chi connectivity index (χ1) is 9.08. The lowest BCUT2D eigenvalue weighted by atomic mass is 10.0. The fraction of sp³-hybridized carbons (Fsp3) is 0.643. The number of piperidine rings is 1. The van der Waals surface area contributed by atoms with E-state index in [1.54, 1.807) is 16.2 Å². The smallest absolute Gasteiger partial charge is 0.319 e. The fourth-order valence-electron chi connectivity index (χ4n) is 2.49. The molecule has 19 heavy (non-hydrogen) atoms. The summed E-state index contributed by atoms with van der Waals surface area (Å²) in [5.74, 6) is 0. The number of hydrogen-bond donors (Lipinski definition) is 1. The summed E-state index contributed by atoms with van der Waals surface area (Å²) < 4.78 is 0. The molecule has 106 valence electrons. The van der Waals surface area contributed by atoms with Gasteiger partial charge in [0.1, 0.15) is 0 Å². The van der Waals surface area contributed by atoms with Crippen molar-refractivity contribution in [3.05, 3.63) is 22.4 Å². The van der Waals surface area contributed by atoms with E-state index in [9.17, 15) is 4.79 Å². The molecule has 1 unspecified atom stereocenters. The second kappa shape index (κ2) is 6.39. The van der Waals surface area contributed by atoms with E-state index in [0.29, 0.717) is 12.1 Å². The Morgan fingerprint density at radius 2 is 2.16 bits per heavy atom. The van der Waals surface area contributed by atoms with Gasteiger partial charge in [-0.25, -0.2) is 4.79 Å². The molecule has 0 radical (unpaired) electrons. The molecule has 2 heterocycles. The van der Waals surface area contributed by atoms with Gasteiger partial charge in [0.25, 0.3) is 0 Å². The molecule has 4 nitrogen and oxygen atoms in total. The number of carbonyl (C=O) groups excluding carboxylic acids is 1. The van der Waals surface area contributed by atoms with Crippen molar-refractivity contribution in [3.8, 4) is 0 Å². The first-order valence-corrected chi connectivity index (χ1v) is 7.76. The molecule has 2 amide bonds. The van der Waals surface area contributed by atoms with E-state index in [0.717, 1.165) is 25.9 Å². The van der Waals surface area contributed by atoms with Crippen molar-refractivity contribution in [1.29, 1.82) is 0 Å². The van der Waals surface area contributed by atoms with Crippen LogP contribution in [-0.4, -0.2) is 49.1 Å². The minimum atomic E-state index is 0.129. The Balaban J connectivity index is 1.79. The van der Waals surface area contributed by atoms with Gasteiger partial charge in [0.2, 0.25) is 0 Å². The Kier molecular flexibility index (Phi) is 4.82. The van der Waals surface area contributed by atoms with Crippen LogP contribution in [0.5, 0.6) is 0 Å². The van der Waals surface area contributed by atoms with Crippen molar-refractivity contribution < 1.29 is 4.79 Å². The molecule has 0 saturated carbocycles. The SMILES string of the molecule is CC(NC1CCN(C(=O)N(C)C)CC1)c1ccsc1. The zero-order valence-corrected chi connectivity index (χ0v) is 12.7. The lowest BCUT2D eigenvalue weighted by Crippen LogP contribution is -2.48. The minimum absolute atomic E-state index is 0.129. The zero-order chi connectivity index (χ0) is 13.8. The maximum absolute atomic E-state index is 11.8. The van der Waals surface area contributed by atoms with Crippen molar-refractivity contribution >= 4 is 17.4 Å². The molecular formula is C14H23N3OS. The van der Waals surface area contributed by atoms with Gasteiger partial charge in [-0.15, -0.1) is 0 Å². The van der Waals surface area contributed by atoms with Crippen LogP contribution in [0, 0.1) is 0 Å². The monoisotopic (exact) mass is 281 g/mol. The van der Waals surface area contributed by atoms with Crippen molar-refractivity contribution in [1.82, 2.24) is 15.1 Å². The topological polar surface area (TPSA) is 35.6 Å². The van der Waals surface area contributed by atoms with Crippen molar-refractivity contribution in [2.75, 3.05) is 27.2 Å². The van der Waals surface area contributed by atoms with Crippen molar-refractivity contribution in [3.63, 3.8) is 0 Å². The summed E-state index contributed by atoms with van der Waals surface area (Å²) in [6.45, 7) is 3.91. The predicted octanol–water partition coefficient (Wildman–Crippen LogP) is 2.54. The highest BCUT2D eigenvalue weighted by molar-refractivity contribution is 7.07. The molecule has 5 heteroatoms. The summed E-state index contributed by atoms with van der Waals surface area (Å²) in [5, 5.41) is 7.98. The number of urea groups is 1. The summed E-state index contributed by atoms with van der Waals surface area (Å²) in [6.07, 6.45) is 2.07. The molecule has 0 aliphatic carbocycles. The Morgan fingerprint density at radius 1 is 1.47 bits per heavy atom. The van der Waals surface area contributed by atoms with Gasteiger partial charge in [0, 0.05) is 39.3 Å². The molecular weight excluding hydrogens is 258 g/mol. The molecule has 1 aromatic rings. The number of likely N-dealkylation sites (tertiary alicyclic amines) is 1. The lowest BCUT2D eigenvalue weighted by Gasteiger charge is -2.35. The van der Waals surface area contributed by atoms with Crippen LogP contribution in [0.25, 0.3) is 0 Å². The molecule has 0 bridgehead atoms. The Bertz CT molecular complexity index is 397. The zero-order valence-electron chi connectivity index (χ0n) is 11.9. The average Bonchev–Trinajstić information content (AvgIpc) is 2.92. The van der Waals surface area contributed by atoms with Gasteiger partial charge < -0.3 is 15.1 Å². The van der Waals surface area contributed by atoms with E-state index in [2.05, 4.69) is 29.1 Å². The van der Waals surface area contributed by atoms with Crippen LogP contribution in [0.1, 0.15) is 31.4 Å². The number of nitrogens with zero attached hydrogens (tertiary/aromatic N) is 2. The van der Waals surface area contributed by atoms with Gasteiger partial charge in [0.05, 0.1) is 0 Å². The summed E-state index contributed by atoms with van der Waals surface area (Å²) in [4.78, 5) is 15.4. The summed E-state index contributed by atoms with van der Waals surface area (Å²) in [5.41, 5.74) is 1.36. The first-order valence-electron chi connectivity index (χ1n) is 6.82. The van der Waals surface area contributed by atoms with E-state index in [4.69, 9.17) is 0 Å². The number of thiophene rings is 1. The third-order valence-electron chi connectivity index (χ3n) is 3.68. The molecule has 1 aliphatic rings. The quantitative estimate of drug-likeness (QED) is 0.924. The van der Waals surface area contributed by atoms with Crippen LogP contribution in [0.2, 0.25) is 0 Å². The number of rotatable bonds is 3. The standard InChI is InChI=1S/C14H23N3OS/c1-11(12-6-9-19-10-12)15-13-4-7-17(8-5-13)14(18)16(2)3/h6,9-11,13,15H,4-5,7-8H2,1-3H3. The molecule has 1 N–H and O–H groups in total. The Labute approximate surface area is 119 Å². The third kappa shape index (κ3) is 3.70. The summed E-state index contributed by atoms with van der Waals surface area (Å²) in [6, 6.07) is 3.21. The fourth-order valence-corrected chi connectivity index (χ4v) is 3.25. The van der Waals surface area contributed by atoms with Gasteiger partial charge in [-0.05, 0) is 42.2 Å². The Hall–Kier alpha value is -1.07. The van der Waals surface area contributed by atoms with E-state index >= 15 is 0 Å². The minimum Gasteiger partial charge on any atom is -0.331 e. The third-order valence-corrected chi connectivity index (χ3v) is 4.38. The molecule has 1 aromatic heterocycles. The van der Waals surface area contributed by atoms with Gasteiger partial charge in [-0.1, -0.05) is 0 Å². The Morgan fingerprint density at radius 3 is 2.68 bits per heavy atom. The molecule has 1 fully saturated rings. The highest BCUT2D eigenvalue weighted by Gasteiger charge is 2.24. The van der Waals surface area contributed by atoms with Gasteiger partial charge >= 0.3 is 6.03 Å². The highest BCUT2D eigenvalue weighted by Crippen LogP contribution is 2.19. The van der Waals surface area contributed by atoms with E-state index in [1.807, 2.05) is 19.0 Å². The van der Waals surface area contributed by atoms with Crippen LogP contribution in [0.4, 0.5) is 4.79 Å². The molecule has 1 aliphatic heterocycles. The highest BCUT2D eigenvalue weighted by atomic mass is 32.1. The maximum Gasteiger partial charge on any atom is 0.319 e. The van der Waals surface area contributed by atoms with Gasteiger partial charge in [-0.3, -0.25) is 0 Å². The number of carbonyl (C=O) groups is 1. The molecule has 1 atom stereocenters.